The van der Waals surface area contributed by atoms with Crippen LogP contribution in [0.1, 0.15) is 17.5 Å². The molecular formula is C24H22N2O2S. The third-order valence-corrected chi connectivity index (χ3v) is 5.65. The van der Waals surface area contributed by atoms with Crippen molar-refractivity contribution in [1.29, 1.82) is 0 Å². The van der Waals surface area contributed by atoms with Gasteiger partial charge in [-0.05, 0) is 67.9 Å². The van der Waals surface area contributed by atoms with E-state index in [2.05, 4.69) is 30.4 Å². The van der Waals surface area contributed by atoms with Crippen LogP contribution in [-0.2, 0) is 4.79 Å². The number of nitrogens with one attached hydrogen (secondary N) is 1. The van der Waals surface area contributed by atoms with Crippen LogP contribution in [0.3, 0.4) is 0 Å². The van der Waals surface area contributed by atoms with E-state index in [-0.39, 0.29) is 5.91 Å². The van der Waals surface area contributed by atoms with Crippen molar-refractivity contribution in [2.45, 2.75) is 20.3 Å². The third kappa shape index (κ3) is 4.81. The molecule has 0 radical (unpaired) electrons. The van der Waals surface area contributed by atoms with Crippen LogP contribution in [0.2, 0.25) is 0 Å². The second kappa shape index (κ2) is 8.45. The van der Waals surface area contributed by atoms with Gasteiger partial charge in [0.05, 0.1) is 23.2 Å². The lowest BCUT2D eigenvalue weighted by molar-refractivity contribution is -0.116. The number of ether oxygens (including phenoxy) is 1. The summed E-state index contributed by atoms with van der Waals surface area (Å²) in [6.45, 7) is 4.46. The van der Waals surface area contributed by atoms with E-state index in [1.54, 1.807) is 11.3 Å². The quantitative estimate of drug-likeness (QED) is 0.431. The summed E-state index contributed by atoms with van der Waals surface area (Å²) < 4.78 is 6.80. The molecule has 0 aliphatic rings. The Labute approximate surface area is 174 Å². The van der Waals surface area contributed by atoms with Crippen LogP contribution in [0.15, 0.2) is 66.7 Å². The van der Waals surface area contributed by atoms with Gasteiger partial charge in [0.2, 0.25) is 5.91 Å². The summed E-state index contributed by atoms with van der Waals surface area (Å²) in [4.78, 5) is 16.9. The van der Waals surface area contributed by atoms with E-state index in [1.165, 1.54) is 15.8 Å². The fraction of sp³-hybridized carbons (Fsp3) is 0.167. The molecule has 29 heavy (non-hydrogen) atoms. The molecule has 0 aliphatic heterocycles. The number of nitrogens with zero attached hydrogens (tertiary/aromatic N) is 1. The third-order valence-electron chi connectivity index (χ3n) is 4.58. The second-order valence-electron chi connectivity index (χ2n) is 7.03. The zero-order valence-electron chi connectivity index (χ0n) is 16.4. The lowest BCUT2D eigenvalue weighted by Gasteiger charge is -2.08. The highest BCUT2D eigenvalue weighted by Crippen LogP contribution is 2.31. The fourth-order valence-corrected chi connectivity index (χ4v) is 4.04. The summed E-state index contributed by atoms with van der Waals surface area (Å²) in [5.74, 6) is 0.708. The molecule has 0 fully saturated rings. The van der Waals surface area contributed by atoms with Gasteiger partial charge in [0.15, 0.2) is 0 Å². The van der Waals surface area contributed by atoms with Crippen molar-refractivity contribution in [3.63, 3.8) is 0 Å². The SMILES string of the molecule is Cc1ccc(OCCC(=O)Nc2ccc(-c3nc4ccc(C)cc4s3)cc2)cc1. The maximum atomic E-state index is 12.2. The molecule has 3 aromatic carbocycles. The van der Waals surface area contributed by atoms with Crippen LogP contribution in [0.4, 0.5) is 5.69 Å². The summed E-state index contributed by atoms with van der Waals surface area (Å²) in [5, 5.41) is 3.90. The minimum absolute atomic E-state index is 0.0691. The minimum atomic E-state index is -0.0691. The molecule has 0 saturated heterocycles. The maximum absolute atomic E-state index is 12.2. The standard InChI is InChI=1S/C24H22N2O2S/c1-16-3-10-20(11-4-16)28-14-13-23(27)25-19-8-6-18(7-9-19)24-26-21-12-5-17(2)15-22(21)29-24/h3-12,15H,13-14H2,1-2H3,(H,25,27). The molecule has 0 atom stereocenters. The Hall–Kier alpha value is -3.18. The first-order valence-electron chi connectivity index (χ1n) is 9.54. The Kier molecular flexibility index (Phi) is 5.58. The van der Waals surface area contributed by atoms with Crippen molar-refractivity contribution in [1.82, 2.24) is 4.98 Å². The highest BCUT2D eigenvalue weighted by atomic mass is 32.1. The van der Waals surface area contributed by atoms with Crippen molar-refractivity contribution < 1.29 is 9.53 Å². The number of carbonyl (C=O) groups excluding carboxylic acids is 1. The molecule has 4 nitrogen and oxygen atoms in total. The van der Waals surface area contributed by atoms with Crippen molar-refractivity contribution in [2.24, 2.45) is 0 Å². The van der Waals surface area contributed by atoms with Gasteiger partial charge in [0, 0.05) is 11.3 Å². The van der Waals surface area contributed by atoms with Crippen molar-refractivity contribution >= 4 is 33.1 Å². The monoisotopic (exact) mass is 402 g/mol. The topological polar surface area (TPSA) is 51.2 Å². The molecule has 1 heterocycles. The van der Waals surface area contributed by atoms with Gasteiger partial charge in [-0.15, -0.1) is 11.3 Å². The van der Waals surface area contributed by atoms with E-state index in [1.807, 2.05) is 55.5 Å². The molecule has 1 N–H and O–H groups in total. The molecule has 4 rings (SSSR count). The number of aromatic nitrogens is 1. The maximum Gasteiger partial charge on any atom is 0.227 e. The van der Waals surface area contributed by atoms with Crippen molar-refractivity contribution in [3.8, 4) is 16.3 Å². The second-order valence-corrected chi connectivity index (χ2v) is 8.06. The molecule has 146 valence electrons. The highest BCUT2D eigenvalue weighted by molar-refractivity contribution is 7.21. The number of amides is 1. The summed E-state index contributed by atoms with van der Waals surface area (Å²) in [7, 11) is 0. The van der Waals surface area contributed by atoms with E-state index >= 15 is 0 Å². The van der Waals surface area contributed by atoms with Gasteiger partial charge in [-0.2, -0.15) is 0 Å². The predicted molar refractivity (Wildman–Crippen MR) is 120 cm³/mol. The average molecular weight is 403 g/mol. The van der Waals surface area contributed by atoms with Gasteiger partial charge in [0.25, 0.3) is 0 Å². The Morgan fingerprint density at radius 2 is 1.69 bits per heavy atom. The predicted octanol–water partition coefficient (Wildman–Crippen LogP) is 5.99. The number of aryl methyl sites for hydroxylation is 2. The lowest BCUT2D eigenvalue weighted by atomic mass is 10.2. The van der Waals surface area contributed by atoms with E-state index in [4.69, 9.17) is 9.72 Å². The van der Waals surface area contributed by atoms with Crippen LogP contribution < -0.4 is 10.1 Å². The Morgan fingerprint density at radius 1 is 0.966 bits per heavy atom. The van der Waals surface area contributed by atoms with Gasteiger partial charge < -0.3 is 10.1 Å². The van der Waals surface area contributed by atoms with Gasteiger partial charge in [0.1, 0.15) is 10.8 Å². The number of hydrogen-bond acceptors (Lipinski definition) is 4. The number of benzene rings is 3. The normalized spacial score (nSPS) is 10.8. The summed E-state index contributed by atoms with van der Waals surface area (Å²) in [6.07, 6.45) is 0.298. The van der Waals surface area contributed by atoms with E-state index in [0.29, 0.717) is 13.0 Å². The summed E-state index contributed by atoms with van der Waals surface area (Å²) in [5.41, 5.74) is 5.24. The number of hydrogen-bond donors (Lipinski definition) is 1. The lowest BCUT2D eigenvalue weighted by Crippen LogP contribution is -2.15. The molecule has 0 bridgehead atoms. The molecule has 0 aliphatic carbocycles. The first-order valence-corrected chi connectivity index (χ1v) is 10.4. The Balaban J connectivity index is 1.33. The van der Waals surface area contributed by atoms with Crippen LogP contribution in [0, 0.1) is 13.8 Å². The first-order chi connectivity index (χ1) is 14.1. The molecule has 0 unspecified atom stereocenters. The van der Waals surface area contributed by atoms with Crippen LogP contribution in [0.5, 0.6) is 5.75 Å². The summed E-state index contributed by atoms with van der Waals surface area (Å²) in [6, 6.07) is 21.9. The number of carbonyl (C=O) groups is 1. The van der Waals surface area contributed by atoms with Gasteiger partial charge in [-0.25, -0.2) is 4.98 Å². The molecule has 1 amide bonds. The van der Waals surface area contributed by atoms with Crippen LogP contribution in [0.25, 0.3) is 20.8 Å². The summed E-state index contributed by atoms with van der Waals surface area (Å²) >= 11 is 1.68. The Bertz CT molecular complexity index is 1130. The van der Waals surface area contributed by atoms with Crippen molar-refractivity contribution in [2.75, 3.05) is 11.9 Å². The molecular weight excluding hydrogens is 380 g/mol. The molecule has 4 aromatic rings. The Morgan fingerprint density at radius 3 is 2.45 bits per heavy atom. The van der Waals surface area contributed by atoms with Gasteiger partial charge >= 0.3 is 0 Å². The number of fused-ring (bicyclic) bond motifs is 1. The first kappa shape index (κ1) is 19.2. The largest absolute Gasteiger partial charge is 0.493 e. The molecule has 5 heteroatoms. The van der Waals surface area contributed by atoms with E-state index < -0.39 is 0 Å². The number of rotatable bonds is 6. The number of anilines is 1. The average Bonchev–Trinajstić information content (AvgIpc) is 3.13. The fourth-order valence-electron chi connectivity index (χ4n) is 2.97. The van der Waals surface area contributed by atoms with Crippen LogP contribution in [-0.4, -0.2) is 17.5 Å². The molecule has 1 aromatic heterocycles. The zero-order chi connectivity index (χ0) is 20.2. The zero-order valence-corrected chi connectivity index (χ0v) is 17.3. The van der Waals surface area contributed by atoms with E-state index in [9.17, 15) is 4.79 Å². The van der Waals surface area contributed by atoms with Crippen molar-refractivity contribution in [3.05, 3.63) is 77.9 Å². The van der Waals surface area contributed by atoms with Gasteiger partial charge in [-0.3, -0.25) is 4.79 Å². The number of thiazole rings is 1. The molecule has 0 saturated carbocycles. The smallest absolute Gasteiger partial charge is 0.227 e. The minimum Gasteiger partial charge on any atom is -0.493 e. The van der Waals surface area contributed by atoms with Gasteiger partial charge in [-0.1, -0.05) is 23.8 Å². The molecule has 0 spiro atoms. The van der Waals surface area contributed by atoms with E-state index in [0.717, 1.165) is 27.5 Å². The van der Waals surface area contributed by atoms with Crippen LogP contribution >= 0.6 is 11.3 Å². The highest BCUT2D eigenvalue weighted by Gasteiger charge is 2.08.